The van der Waals surface area contributed by atoms with E-state index in [-0.39, 0.29) is 0 Å². The largest absolute Gasteiger partial charge is 0.480 e. The monoisotopic (exact) mass is 217 g/mol. The first-order valence-electron chi connectivity index (χ1n) is 3.65. The molecule has 0 saturated carbocycles. The Morgan fingerprint density at radius 3 is 2.80 bits per heavy atom. The lowest BCUT2D eigenvalue weighted by Gasteiger charge is -1.99. The maximum absolute atomic E-state index is 10.6. The second-order valence-corrected chi connectivity index (χ2v) is 2.48. The molecule has 0 aliphatic heterocycles. The number of ether oxygens (including phenoxy) is 1. The molecule has 0 aromatic carbocycles. The van der Waals surface area contributed by atoms with Gasteiger partial charge in [-0.2, -0.15) is 0 Å². The van der Waals surface area contributed by atoms with E-state index in [4.69, 9.17) is 10.8 Å². The zero-order chi connectivity index (χ0) is 11.6. The van der Waals surface area contributed by atoms with E-state index in [1.54, 1.807) is 0 Å². The third kappa shape index (κ3) is 1.86. The number of hydrogen-bond acceptors (Lipinski definition) is 7. The fourth-order valence-electron chi connectivity index (χ4n) is 0.901. The minimum Gasteiger partial charge on any atom is -0.480 e. The van der Waals surface area contributed by atoms with Crippen LogP contribution in [0.3, 0.4) is 0 Å². The van der Waals surface area contributed by atoms with Crippen LogP contribution in [0.15, 0.2) is 4.52 Å². The van der Waals surface area contributed by atoms with Crippen LogP contribution in [0.25, 0.3) is 0 Å². The van der Waals surface area contributed by atoms with Crippen LogP contribution >= 0.6 is 0 Å². The van der Waals surface area contributed by atoms with Gasteiger partial charge in [-0.05, 0) is 5.16 Å². The standard InChI is InChI=1S/C6H7N3O6/c1-14-5-3(9(12)13)4(15-8-5)2(7)6(10)11/h2H,7H2,1H3,(H,10,11). The molecule has 9 nitrogen and oxygen atoms in total. The van der Waals surface area contributed by atoms with Crippen LogP contribution in [0.4, 0.5) is 5.69 Å². The number of aromatic nitrogens is 1. The van der Waals surface area contributed by atoms with Crippen molar-refractivity contribution in [1.82, 2.24) is 5.16 Å². The van der Waals surface area contributed by atoms with Gasteiger partial charge in [0.05, 0.1) is 12.0 Å². The van der Waals surface area contributed by atoms with Crippen molar-refractivity contribution in [3.63, 3.8) is 0 Å². The zero-order valence-electron chi connectivity index (χ0n) is 7.54. The van der Waals surface area contributed by atoms with E-state index in [2.05, 4.69) is 14.4 Å². The van der Waals surface area contributed by atoms with E-state index in [0.717, 1.165) is 7.11 Å². The molecular weight excluding hydrogens is 210 g/mol. The van der Waals surface area contributed by atoms with Crippen molar-refractivity contribution in [2.45, 2.75) is 6.04 Å². The van der Waals surface area contributed by atoms with Gasteiger partial charge in [0.1, 0.15) is 0 Å². The summed E-state index contributed by atoms with van der Waals surface area (Å²) in [6.45, 7) is 0. The Bertz CT molecular complexity index is 400. The smallest absolute Gasteiger partial charge is 0.376 e. The van der Waals surface area contributed by atoms with Crippen LogP contribution < -0.4 is 10.5 Å². The molecule has 0 fully saturated rings. The number of rotatable bonds is 4. The Morgan fingerprint density at radius 1 is 1.80 bits per heavy atom. The molecule has 3 N–H and O–H groups in total. The minimum atomic E-state index is -1.65. The van der Waals surface area contributed by atoms with Crippen molar-refractivity contribution >= 4 is 11.7 Å². The van der Waals surface area contributed by atoms with Gasteiger partial charge >= 0.3 is 17.5 Å². The quantitative estimate of drug-likeness (QED) is 0.515. The lowest BCUT2D eigenvalue weighted by Crippen LogP contribution is -2.21. The molecule has 82 valence electrons. The summed E-state index contributed by atoms with van der Waals surface area (Å²) >= 11 is 0. The Morgan fingerprint density at radius 2 is 2.40 bits per heavy atom. The topological polar surface area (TPSA) is 142 Å². The maximum atomic E-state index is 10.6. The second-order valence-electron chi connectivity index (χ2n) is 2.48. The zero-order valence-corrected chi connectivity index (χ0v) is 7.54. The van der Waals surface area contributed by atoms with Crippen LogP contribution in [0, 0.1) is 10.1 Å². The van der Waals surface area contributed by atoms with E-state index < -0.39 is 34.3 Å². The van der Waals surface area contributed by atoms with E-state index in [1.165, 1.54) is 0 Å². The fourth-order valence-corrected chi connectivity index (χ4v) is 0.901. The van der Waals surface area contributed by atoms with Crippen LogP contribution in [-0.4, -0.2) is 28.3 Å². The first-order valence-corrected chi connectivity index (χ1v) is 3.65. The SMILES string of the molecule is COc1noc(C(N)C(=O)O)c1[N+](=O)[O-]. The average Bonchev–Trinajstić information content (AvgIpc) is 2.59. The summed E-state index contributed by atoms with van der Waals surface area (Å²) in [6, 6.07) is -1.65. The molecule has 1 rings (SSSR count). The third-order valence-electron chi connectivity index (χ3n) is 1.59. The number of carboxylic acid groups (broad SMARTS) is 1. The van der Waals surface area contributed by atoms with Crippen LogP contribution in [-0.2, 0) is 4.79 Å². The summed E-state index contributed by atoms with van der Waals surface area (Å²) in [4.78, 5) is 20.2. The van der Waals surface area contributed by atoms with Crippen molar-refractivity contribution < 1.29 is 24.1 Å². The van der Waals surface area contributed by atoms with Gasteiger partial charge in [-0.1, -0.05) is 0 Å². The molecule has 1 aromatic heterocycles. The number of nitrogens with zero attached hydrogens (tertiary/aromatic N) is 2. The van der Waals surface area contributed by atoms with E-state index in [0.29, 0.717) is 0 Å². The predicted octanol–water partition coefficient (Wildman–Crippen LogP) is -0.324. The molecule has 1 atom stereocenters. The lowest BCUT2D eigenvalue weighted by atomic mass is 10.2. The predicted molar refractivity (Wildman–Crippen MR) is 44.3 cm³/mol. The van der Waals surface area contributed by atoms with Gasteiger partial charge in [0.2, 0.25) is 5.76 Å². The Kier molecular flexibility index (Phi) is 2.85. The number of methoxy groups -OCH3 is 1. The molecule has 1 aromatic rings. The van der Waals surface area contributed by atoms with E-state index in [9.17, 15) is 14.9 Å². The molecule has 15 heavy (non-hydrogen) atoms. The van der Waals surface area contributed by atoms with Crippen molar-refractivity contribution in [1.29, 1.82) is 0 Å². The molecule has 0 aliphatic rings. The summed E-state index contributed by atoms with van der Waals surface area (Å²) in [5, 5.41) is 22.3. The fraction of sp³-hybridized carbons (Fsp3) is 0.333. The number of carboxylic acids is 1. The molecule has 9 heteroatoms. The number of aliphatic carboxylic acids is 1. The van der Waals surface area contributed by atoms with Gasteiger partial charge in [0.25, 0.3) is 0 Å². The van der Waals surface area contributed by atoms with E-state index in [1.807, 2.05) is 0 Å². The second kappa shape index (κ2) is 3.92. The summed E-state index contributed by atoms with van der Waals surface area (Å²) in [5.41, 5.74) is 4.48. The summed E-state index contributed by atoms with van der Waals surface area (Å²) in [6.07, 6.45) is 0. The average molecular weight is 217 g/mol. The first-order chi connectivity index (χ1) is 6.99. The minimum absolute atomic E-state index is 0.410. The molecule has 0 spiro atoms. The highest BCUT2D eigenvalue weighted by molar-refractivity contribution is 5.76. The van der Waals surface area contributed by atoms with Crippen molar-refractivity contribution in [3.8, 4) is 5.88 Å². The van der Waals surface area contributed by atoms with Crippen LogP contribution in [0.5, 0.6) is 5.88 Å². The molecule has 0 bridgehead atoms. The summed E-state index contributed by atoms with van der Waals surface area (Å²) < 4.78 is 8.97. The molecule has 0 radical (unpaired) electrons. The molecule has 1 unspecified atom stereocenters. The van der Waals surface area contributed by atoms with Gasteiger partial charge in [-0.3, -0.25) is 14.9 Å². The number of nitro groups is 1. The Balaban J connectivity index is 3.24. The van der Waals surface area contributed by atoms with Crippen molar-refractivity contribution in [2.75, 3.05) is 7.11 Å². The van der Waals surface area contributed by atoms with Crippen molar-refractivity contribution in [3.05, 3.63) is 15.9 Å². The normalized spacial score (nSPS) is 12.1. The van der Waals surface area contributed by atoms with Crippen LogP contribution in [0.1, 0.15) is 11.8 Å². The van der Waals surface area contributed by atoms with Gasteiger partial charge in [-0.15, -0.1) is 0 Å². The number of carbonyl (C=O) groups is 1. The molecule has 0 aliphatic carbocycles. The maximum Gasteiger partial charge on any atom is 0.376 e. The van der Waals surface area contributed by atoms with Gasteiger partial charge in [0.15, 0.2) is 6.04 Å². The summed E-state index contributed by atoms with van der Waals surface area (Å²) in [7, 11) is 1.14. The molecule has 0 saturated heterocycles. The molecular formula is C6H7N3O6. The number of hydrogen-bond donors (Lipinski definition) is 2. The number of nitrogens with two attached hydrogens (primary N) is 1. The highest BCUT2D eigenvalue weighted by Crippen LogP contribution is 2.33. The summed E-state index contributed by atoms with van der Waals surface area (Å²) in [5.74, 6) is -2.42. The van der Waals surface area contributed by atoms with Crippen molar-refractivity contribution in [2.24, 2.45) is 5.73 Å². The third-order valence-corrected chi connectivity index (χ3v) is 1.59. The van der Waals surface area contributed by atoms with E-state index >= 15 is 0 Å². The Hall–Kier alpha value is -2.16. The van der Waals surface area contributed by atoms with Crippen LogP contribution in [0.2, 0.25) is 0 Å². The molecule has 1 heterocycles. The highest BCUT2D eigenvalue weighted by atomic mass is 16.6. The van der Waals surface area contributed by atoms with Gasteiger partial charge in [0, 0.05) is 0 Å². The Labute approximate surface area is 82.6 Å². The first kappa shape index (κ1) is 10.9. The highest BCUT2D eigenvalue weighted by Gasteiger charge is 2.35. The lowest BCUT2D eigenvalue weighted by molar-refractivity contribution is -0.387. The van der Waals surface area contributed by atoms with Gasteiger partial charge < -0.3 is 20.1 Å². The van der Waals surface area contributed by atoms with Gasteiger partial charge in [-0.25, -0.2) is 0 Å². The molecule has 0 amide bonds.